The molecule has 4 N–H and O–H groups in total. The van der Waals surface area contributed by atoms with Crippen LogP contribution >= 0.6 is 0 Å². The van der Waals surface area contributed by atoms with E-state index in [1.807, 2.05) is 0 Å². The van der Waals surface area contributed by atoms with E-state index >= 15 is 0 Å². The van der Waals surface area contributed by atoms with E-state index < -0.39 is 30.7 Å². The molecule has 8 heteroatoms. The molecule has 1 saturated heterocycles. The Kier molecular flexibility index (Phi) is 3.64. The van der Waals surface area contributed by atoms with Gasteiger partial charge in [-0.3, -0.25) is 0 Å². The molecule has 0 aliphatic carbocycles. The largest absolute Gasteiger partial charge is 0.388 e. The van der Waals surface area contributed by atoms with Gasteiger partial charge in [-0.25, -0.2) is 0 Å². The minimum absolute atomic E-state index is 0.224. The molecule has 14 heavy (non-hydrogen) atoms. The number of ether oxygens (including phenoxy) is 1. The third-order valence-corrected chi connectivity index (χ3v) is 2.01. The maximum Gasteiger partial charge on any atom is 0.183 e. The van der Waals surface area contributed by atoms with Crippen LogP contribution in [0.25, 0.3) is 10.4 Å². The standard InChI is InChI=1S/C6H11N3O5/c7-9-8-1-2-3(10)4(11)5(12)6(13)14-2/h2-6,10-13H,1H2/t2-,3-,4-,5-,6+/m1/s1. The first-order valence-corrected chi connectivity index (χ1v) is 3.96. The van der Waals surface area contributed by atoms with Crippen LogP contribution in [0.5, 0.6) is 0 Å². The highest BCUT2D eigenvalue weighted by Gasteiger charge is 2.42. The predicted octanol–water partition coefficient (Wildman–Crippen LogP) is -1.90. The van der Waals surface area contributed by atoms with E-state index in [1.54, 1.807) is 0 Å². The molecule has 8 nitrogen and oxygen atoms in total. The summed E-state index contributed by atoms with van der Waals surface area (Å²) in [6, 6.07) is 0. The van der Waals surface area contributed by atoms with Crippen LogP contribution in [0.1, 0.15) is 0 Å². The molecule has 0 bridgehead atoms. The zero-order chi connectivity index (χ0) is 10.7. The second kappa shape index (κ2) is 4.56. The molecule has 80 valence electrons. The molecule has 1 fully saturated rings. The van der Waals surface area contributed by atoms with Crippen molar-refractivity contribution in [1.29, 1.82) is 0 Å². The van der Waals surface area contributed by atoms with Crippen LogP contribution in [0.15, 0.2) is 5.11 Å². The monoisotopic (exact) mass is 205 g/mol. The van der Waals surface area contributed by atoms with Crippen LogP contribution in [0, 0.1) is 0 Å². The second-order valence-electron chi connectivity index (χ2n) is 2.95. The maximum absolute atomic E-state index is 9.32. The molecule has 0 radical (unpaired) electrons. The molecule has 1 rings (SSSR count). The maximum atomic E-state index is 9.32. The molecule has 1 aliphatic rings. The van der Waals surface area contributed by atoms with Gasteiger partial charge in [-0.2, -0.15) is 0 Å². The molecule has 0 aromatic rings. The molecule has 5 atom stereocenters. The first-order valence-electron chi connectivity index (χ1n) is 3.96. The number of rotatable bonds is 2. The summed E-state index contributed by atoms with van der Waals surface area (Å²) in [5.41, 5.74) is 8.01. The van der Waals surface area contributed by atoms with Gasteiger partial charge in [0.2, 0.25) is 0 Å². The number of nitrogens with zero attached hydrogens (tertiary/aromatic N) is 3. The Morgan fingerprint density at radius 1 is 1.14 bits per heavy atom. The summed E-state index contributed by atoms with van der Waals surface area (Å²) in [5, 5.41) is 39.8. The van der Waals surface area contributed by atoms with Crippen molar-refractivity contribution in [2.75, 3.05) is 6.54 Å². The Labute approximate surface area is 79.0 Å². The summed E-state index contributed by atoms with van der Waals surface area (Å²) >= 11 is 0. The molecular weight excluding hydrogens is 194 g/mol. The molecule has 0 saturated carbocycles. The van der Waals surface area contributed by atoms with Crippen molar-refractivity contribution in [2.24, 2.45) is 5.11 Å². The summed E-state index contributed by atoms with van der Waals surface area (Å²) in [5.74, 6) is 0. The third-order valence-electron chi connectivity index (χ3n) is 2.01. The highest BCUT2D eigenvalue weighted by atomic mass is 16.6. The average molecular weight is 205 g/mol. The Balaban J connectivity index is 2.64. The van der Waals surface area contributed by atoms with E-state index in [-0.39, 0.29) is 6.54 Å². The van der Waals surface area contributed by atoms with Crippen molar-refractivity contribution in [3.8, 4) is 0 Å². The van der Waals surface area contributed by atoms with E-state index in [0.29, 0.717) is 0 Å². The quantitative estimate of drug-likeness (QED) is 0.237. The minimum atomic E-state index is -1.59. The van der Waals surface area contributed by atoms with Crippen LogP contribution in [-0.4, -0.2) is 57.7 Å². The van der Waals surface area contributed by atoms with Gasteiger partial charge in [-0.15, -0.1) is 0 Å². The average Bonchev–Trinajstić information content (AvgIpc) is 2.18. The van der Waals surface area contributed by atoms with Gasteiger partial charge in [0.05, 0.1) is 12.6 Å². The first kappa shape index (κ1) is 11.2. The fourth-order valence-corrected chi connectivity index (χ4v) is 1.20. The highest BCUT2D eigenvalue weighted by molar-refractivity contribution is 4.89. The lowest BCUT2D eigenvalue weighted by Crippen LogP contribution is -2.58. The summed E-state index contributed by atoms with van der Waals surface area (Å²) in [7, 11) is 0. The molecule has 1 heterocycles. The number of aliphatic hydroxyl groups is 4. The first-order chi connectivity index (χ1) is 6.57. The smallest absolute Gasteiger partial charge is 0.183 e. The molecule has 1 aliphatic heterocycles. The minimum Gasteiger partial charge on any atom is -0.388 e. The Bertz CT molecular complexity index is 244. The number of aliphatic hydroxyl groups excluding tert-OH is 4. The lowest BCUT2D eigenvalue weighted by molar-refractivity contribution is -0.279. The van der Waals surface area contributed by atoms with Gasteiger partial charge in [0, 0.05) is 4.91 Å². The molecule has 0 aromatic carbocycles. The van der Waals surface area contributed by atoms with Crippen LogP contribution in [-0.2, 0) is 4.74 Å². The van der Waals surface area contributed by atoms with Crippen molar-refractivity contribution in [2.45, 2.75) is 30.7 Å². The van der Waals surface area contributed by atoms with Crippen LogP contribution in [0.2, 0.25) is 0 Å². The Morgan fingerprint density at radius 3 is 2.36 bits per heavy atom. The fourth-order valence-electron chi connectivity index (χ4n) is 1.20. The fraction of sp³-hybridized carbons (Fsp3) is 1.00. The van der Waals surface area contributed by atoms with Gasteiger partial charge in [-0.1, -0.05) is 5.11 Å². The van der Waals surface area contributed by atoms with Crippen molar-refractivity contribution >= 4 is 0 Å². The number of azide groups is 1. The Morgan fingerprint density at radius 2 is 1.79 bits per heavy atom. The Hall–Kier alpha value is -0.890. The van der Waals surface area contributed by atoms with Gasteiger partial charge in [0.1, 0.15) is 18.3 Å². The van der Waals surface area contributed by atoms with Crippen molar-refractivity contribution < 1.29 is 25.2 Å². The lowest BCUT2D eigenvalue weighted by atomic mass is 9.99. The van der Waals surface area contributed by atoms with E-state index in [9.17, 15) is 10.2 Å². The summed E-state index contributed by atoms with van der Waals surface area (Å²) in [6.45, 7) is -0.224. The van der Waals surface area contributed by atoms with Crippen LogP contribution in [0.3, 0.4) is 0 Å². The normalized spacial score (nSPS) is 43.0. The van der Waals surface area contributed by atoms with Gasteiger partial charge in [0.25, 0.3) is 0 Å². The van der Waals surface area contributed by atoms with Crippen LogP contribution in [0.4, 0.5) is 0 Å². The van der Waals surface area contributed by atoms with Gasteiger partial charge in [0.15, 0.2) is 6.29 Å². The summed E-state index contributed by atoms with van der Waals surface area (Å²) in [4.78, 5) is 2.44. The zero-order valence-electron chi connectivity index (χ0n) is 7.13. The number of hydrogen-bond donors (Lipinski definition) is 4. The molecule has 0 spiro atoms. The molecule has 0 aromatic heterocycles. The molecular formula is C6H11N3O5. The van der Waals surface area contributed by atoms with Gasteiger partial charge >= 0.3 is 0 Å². The van der Waals surface area contributed by atoms with E-state index in [1.165, 1.54) is 0 Å². The molecule has 0 amide bonds. The van der Waals surface area contributed by atoms with Crippen molar-refractivity contribution in [3.05, 3.63) is 10.4 Å². The number of hydrogen-bond acceptors (Lipinski definition) is 6. The van der Waals surface area contributed by atoms with Gasteiger partial charge < -0.3 is 25.2 Å². The third kappa shape index (κ3) is 2.13. The zero-order valence-corrected chi connectivity index (χ0v) is 7.13. The summed E-state index contributed by atoms with van der Waals surface area (Å²) < 4.78 is 4.71. The van der Waals surface area contributed by atoms with E-state index in [2.05, 4.69) is 10.0 Å². The lowest BCUT2D eigenvalue weighted by Gasteiger charge is -2.37. The van der Waals surface area contributed by atoms with E-state index in [4.69, 9.17) is 20.5 Å². The predicted molar refractivity (Wildman–Crippen MR) is 42.9 cm³/mol. The second-order valence-corrected chi connectivity index (χ2v) is 2.95. The SMILES string of the molecule is [N-]=[N+]=NC[C@H]1O[C@H](O)[C@H](O)[C@H](O)[C@@H]1O. The van der Waals surface area contributed by atoms with Crippen LogP contribution < -0.4 is 0 Å². The van der Waals surface area contributed by atoms with Crippen molar-refractivity contribution in [3.63, 3.8) is 0 Å². The summed E-state index contributed by atoms with van der Waals surface area (Å²) in [6.07, 6.45) is -7.07. The van der Waals surface area contributed by atoms with Crippen molar-refractivity contribution in [1.82, 2.24) is 0 Å². The highest BCUT2D eigenvalue weighted by Crippen LogP contribution is 2.19. The van der Waals surface area contributed by atoms with Gasteiger partial charge in [-0.05, 0) is 5.53 Å². The molecule has 0 unspecified atom stereocenters. The topological polar surface area (TPSA) is 139 Å². The van der Waals surface area contributed by atoms with E-state index in [0.717, 1.165) is 0 Å².